The van der Waals surface area contributed by atoms with Crippen molar-refractivity contribution in [2.75, 3.05) is 0 Å². The van der Waals surface area contributed by atoms with E-state index in [1.807, 2.05) is 38.2 Å². The number of benzene rings is 2. The number of hydrogen-bond donors (Lipinski definition) is 3. The van der Waals surface area contributed by atoms with Crippen molar-refractivity contribution < 1.29 is 9.90 Å². The number of carbonyl (C=O) groups is 1. The van der Waals surface area contributed by atoms with Gasteiger partial charge < -0.3 is 20.0 Å². The Hall–Kier alpha value is -3.64. The van der Waals surface area contributed by atoms with E-state index in [1.54, 1.807) is 0 Å². The summed E-state index contributed by atoms with van der Waals surface area (Å²) in [7, 11) is 2.04. The normalized spacial score (nSPS) is 11.2. The molecule has 4 rings (SSSR count). The fraction of sp³-hybridized carbons (Fsp3) is 0.231. The van der Waals surface area contributed by atoms with Gasteiger partial charge in [-0.25, -0.2) is 0 Å². The summed E-state index contributed by atoms with van der Waals surface area (Å²) in [6.45, 7) is 5.51. The Bertz CT molecular complexity index is 1360. The van der Waals surface area contributed by atoms with Gasteiger partial charge in [0.2, 0.25) is 0 Å². The lowest BCUT2D eigenvalue weighted by Gasteiger charge is -2.12. The molecule has 2 aromatic heterocycles. The van der Waals surface area contributed by atoms with Crippen LogP contribution in [-0.2, 0) is 26.6 Å². The minimum absolute atomic E-state index is 0.228. The van der Waals surface area contributed by atoms with Crippen LogP contribution in [0.2, 0.25) is 0 Å². The van der Waals surface area contributed by atoms with Crippen LogP contribution in [0.15, 0.2) is 53.3 Å². The van der Waals surface area contributed by atoms with Crippen LogP contribution in [0.4, 0.5) is 0 Å². The van der Waals surface area contributed by atoms with Crippen molar-refractivity contribution in [3.8, 4) is 17.0 Å². The minimum Gasteiger partial charge on any atom is -0.507 e. The molecular weight excluding hydrogens is 402 g/mol. The first-order chi connectivity index (χ1) is 15.4. The topological polar surface area (TPSA) is 87.1 Å². The molecule has 0 saturated heterocycles. The van der Waals surface area contributed by atoms with Crippen molar-refractivity contribution in [2.24, 2.45) is 7.05 Å². The molecule has 2 heterocycles. The molecule has 0 aliphatic rings. The first-order valence-corrected chi connectivity index (χ1v) is 10.7. The Morgan fingerprint density at radius 1 is 1.12 bits per heavy atom. The van der Waals surface area contributed by atoms with Gasteiger partial charge in [-0.15, -0.1) is 0 Å². The molecule has 4 aromatic rings. The van der Waals surface area contributed by atoms with Gasteiger partial charge >= 0.3 is 0 Å². The highest BCUT2D eigenvalue weighted by atomic mass is 16.3. The predicted molar refractivity (Wildman–Crippen MR) is 127 cm³/mol. The number of aromatic hydroxyl groups is 1. The van der Waals surface area contributed by atoms with E-state index in [2.05, 4.69) is 46.1 Å². The van der Waals surface area contributed by atoms with Gasteiger partial charge in [-0.3, -0.25) is 9.59 Å². The van der Waals surface area contributed by atoms with Gasteiger partial charge in [0, 0.05) is 42.3 Å². The summed E-state index contributed by atoms with van der Waals surface area (Å²) in [5.41, 5.74) is 5.86. The Kier molecular flexibility index (Phi) is 5.97. The third kappa shape index (κ3) is 3.85. The molecule has 0 aliphatic carbocycles. The quantitative estimate of drug-likeness (QED) is 0.384. The maximum absolute atomic E-state index is 12.3. The maximum Gasteiger partial charge on any atom is 0.262 e. The van der Waals surface area contributed by atoms with Crippen LogP contribution in [0.1, 0.15) is 39.7 Å². The van der Waals surface area contributed by atoms with Crippen LogP contribution in [0.25, 0.3) is 22.2 Å². The first kappa shape index (κ1) is 21.6. The summed E-state index contributed by atoms with van der Waals surface area (Å²) < 4.78 is 2.15. The van der Waals surface area contributed by atoms with Crippen molar-refractivity contribution in [1.82, 2.24) is 14.9 Å². The number of nitrogens with zero attached hydrogens (tertiary/aromatic N) is 1. The molecule has 6 nitrogen and oxygen atoms in total. The standard InChI is InChI=1S/C26H27N3O3/c1-4-21-24(28-26(32)22(15-30)25(21)31)17-9-10-23-19(11-17)12-20(29(23)3)14-27-13-18-8-6-5-7-16(18)2/h5-12,15,27H,4,13-14H2,1-3H3,(H2,28,31,32). The van der Waals surface area contributed by atoms with Crippen molar-refractivity contribution in [3.05, 3.63) is 86.8 Å². The fourth-order valence-electron chi connectivity index (χ4n) is 4.21. The second kappa shape index (κ2) is 8.85. The molecular formula is C26H27N3O3. The van der Waals surface area contributed by atoms with Crippen molar-refractivity contribution in [1.29, 1.82) is 0 Å². The van der Waals surface area contributed by atoms with E-state index in [9.17, 15) is 14.7 Å². The number of fused-ring (bicyclic) bond motifs is 1. The van der Waals surface area contributed by atoms with Crippen LogP contribution >= 0.6 is 0 Å². The lowest BCUT2D eigenvalue weighted by molar-refractivity contribution is 0.111. The zero-order valence-electron chi connectivity index (χ0n) is 18.5. The molecule has 2 aromatic carbocycles. The number of aldehydes is 1. The van der Waals surface area contributed by atoms with Gasteiger partial charge in [0.15, 0.2) is 6.29 Å². The van der Waals surface area contributed by atoms with Crippen LogP contribution in [0, 0.1) is 6.92 Å². The van der Waals surface area contributed by atoms with E-state index in [1.165, 1.54) is 11.1 Å². The first-order valence-electron chi connectivity index (χ1n) is 10.7. The summed E-state index contributed by atoms with van der Waals surface area (Å²) in [6, 6.07) is 16.4. The Balaban J connectivity index is 1.65. The number of nitrogens with one attached hydrogen (secondary N) is 2. The highest BCUT2D eigenvalue weighted by Gasteiger charge is 2.17. The number of aromatic nitrogens is 2. The van der Waals surface area contributed by atoms with E-state index in [-0.39, 0.29) is 11.3 Å². The molecule has 164 valence electrons. The predicted octanol–water partition coefficient (Wildman–Crippen LogP) is 4.21. The zero-order valence-corrected chi connectivity index (χ0v) is 18.5. The van der Waals surface area contributed by atoms with Gasteiger partial charge in [0.05, 0.1) is 5.69 Å². The molecule has 0 saturated carbocycles. The smallest absolute Gasteiger partial charge is 0.262 e. The molecule has 0 atom stereocenters. The third-order valence-corrected chi connectivity index (χ3v) is 6.11. The van der Waals surface area contributed by atoms with Crippen molar-refractivity contribution in [2.45, 2.75) is 33.4 Å². The second-order valence-corrected chi connectivity index (χ2v) is 8.04. The van der Waals surface area contributed by atoms with E-state index < -0.39 is 5.56 Å². The fourth-order valence-corrected chi connectivity index (χ4v) is 4.21. The number of pyridine rings is 1. The summed E-state index contributed by atoms with van der Waals surface area (Å²) in [5, 5.41) is 15.0. The molecule has 0 unspecified atom stereocenters. The van der Waals surface area contributed by atoms with Crippen LogP contribution in [0.5, 0.6) is 5.75 Å². The molecule has 0 aliphatic heterocycles. The van der Waals surface area contributed by atoms with Crippen LogP contribution < -0.4 is 10.9 Å². The average molecular weight is 430 g/mol. The van der Waals surface area contributed by atoms with Gasteiger partial charge in [0.25, 0.3) is 5.56 Å². The van der Waals surface area contributed by atoms with E-state index in [4.69, 9.17) is 0 Å². The largest absolute Gasteiger partial charge is 0.507 e. The zero-order chi connectivity index (χ0) is 22.8. The second-order valence-electron chi connectivity index (χ2n) is 8.04. The molecule has 0 spiro atoms. The Morgan fingerprint density at radius 3 is 2.62 bits per heavy atom. The Labute approximate surface area is 186 Å². The highest BCUT2D eigenvalue weighted by Crippen LogP contribution is 2.31. The molecule has 0 fully saturated rings. The average Bonchev–Trinajstić information content (AvgIpc) is 3.10. The highest BCUT2D eigenvalue weighted by molar-refractivity contribution is 5.88. The number of hydrogen-bond acceptors (Lipinski definition) is 4. The van der Waals surface area contributed by atoms with Crippen LogP contribution in [0.3, 0.4) is 0 Å². The molecule has 32 heavy (non-hydrogen) atoms. The summed E-state index contributed by atoms with van der Waals surface area (Å²) in [4.78, 5) is 26.2. The van der Waals surface area contributed by atoms with Crippen molar-refractivity contribution in [3.63, 3.8) is 0 Å². The lowest BCUT2D eigenvalue weighted by Crippen LogP contribution is -2.15. The number of rotatable bonds is 7. The summed E-state index contributed by atoms with van der Waals surface area (Å²) in [5.74, 6) is -0.240. The van der Waals surface area contributed by atoms with E-state index in [0.29, 0.717) is 24.0 Å². The molecule has 3 N–H and O–H groups in total. The molecule has 0 amide bonds. The lowest BCUT2D eigenvalue weighted by atomic mass is 10.00. The number of carbonyl (C=O) groups excluding carboxylic acids is 1. The maximum atomic E-state index is 12.3. The summed E-state index contributed by atoms with van der Waals surface area (Å²) in [6.07, 6.45) is 0.882. The van der Waals surface area contributed by atoms with Crippen molar-refractivity contribution >= 4 is 17.2 Å². The molecule has 6 heteroatoms. The van der Waals surface area contributed by atoms with Gasteiger partial charge in [-0.1, -0.05) is 37.3 Å². The Morgan fingerprint density at radius 2 is 1.91 bits per heavy atom. The number of aryl methyl sites for hydroxylation is 2. The monoisotopic (exact) mass is 429 g/mol. The molecule has 0 radical (unpaired) electrons. The van der Waals surface area contributed by atoms with E-state index in [0.717, 1.165) is 35.2 Å². The molecule has 0 bridgehead atoms. The van der Waals surface area contributed by atoms with Gasteiger partial charge in [-0.05, 0) is 48.2 Å². The van der Waals surface area contributed by atoms with Crippen LogP contribution in [-0.4, -0.2) is 20.9 Å². The van der Waals surface area contributed by atoms with Gasteiger partial charge in [0.1, 0.15) is 11.3 Å². The minimum atomic E-state index is -0.584. The van der Waals surface area contributed by atoms with E-state index >= 15 is 0 Å². The number of aromatic amines is 1. The summed E-state index contributed by atoms with van der Waals surface area (Å²) >= 11 is 0. The number of H-pyrrole nitrogens is 1. The SMILES string of the molecule is CCc1c(-c2ccc3c(c2)cc(CNCc2ccccc2C)n3C)[nH]c(=O)c(C=O)c1O. The third-order valence-electron chi connectivity index (χ3n) is 6.11. The van der Waals surface area contributed by atoms with Gasteiger partial charge in [-0.2, -0.15) is 0 Å².